The summed E-state index contributed by atoms with van der Waals surface area (Å²) < 4.78 is 0. The fourth-order valence-electron chi connectivity index (χ4n) is 1.82. The average Bonchev–Trinajstić information content (AvgIpc) is 3.07. The number of nitrogens with one attached hydrogen (secondary N) is 1. The zero-order chi connectivity index (χ0) is 13.2. The third-order valence-electron chi connectivity index (χ3n) is 2.99. The fourth-order valence-corrected chi connectivity index (χ4v) is 2.64. The largest absolute Gasteiger partial charge is 0.399 e. The number of nitrogen functional groups attached to an aromatic ring is 1. The van der Waals surface area contributed by atoms with E-state index in [0.717, 1.165) is 34.8 Å². The second kappa shape index (κ2) is 5.01. The molecule has 1 aromatic heterocycles. The summed E-state index contributed by atoms with van der Waals surface area (Å²) in [6.45, 7) is 0. The summed E-state index contributed by atoms with van der Waals surface area (Å²) in [4.78, 5) is 16.2. The van der Waals surface area contributed by atoms with Gasteiger partial charge in [-0.1, -0.05) is 0 Å². The van der Waals surface area contributed by atoms with Crippen molar-refractivity contribution in [3.63, 3.8) is 0 Å². The molecule has 0 radical (unpaired) electrons. The minimum absolute atomic E-state index is 0.0663. The minimum atomic E-state index is 0.0663. The summed E-state index contributed by atoms with van der Waals surface area (Å²) in [5, 5.41) is 5.84. The summed E-state index contributed by atoms with van der Waals surface area (Å²) in [6.07, 6.45) is 2.58. The number of thiazole rings is 1. The molecule has 0 spiro atoms. The number of carbonyl (C=O) groups is 1. The van der Waals surface area contributed by atoms with Crippen molar-refractivity contribution in [1.82, 2.24) is 10.3 Å². The van der Waals surface area contributed by atoms with Crippen molar-refractivity contribution in [2.75, 3.05) is 5.73 Å². The zero-order valence-corrected chi connectivity index (χ0v) is 11.2. The quantitative estimate of drug-likeness (QED) is 0.839. The van der Waals surface area contributed by atoms with Crippen LogP contribution in [-0.4, -0.2) is 16.9 Å². The first-order valence-corrected chi connectivity index (χ1v) is 7.18. The van der Waals surface area contributed by atoms with Crippen LogP contribution >= 0.6 is 11.3 Å². The molecule has 1 fully saturated rings. The van der Waals surface area contributed by atoms with Crippen LogP contribution in [0.15, 0.2) is 29.6 Å². The van der Waals surface area contributed by atoms with E-state index >= 15 is 0 Å². The van der Waals surface area contributed by atoms with Crippen molar-refractivity contribution >= 4 is 22.9 Å². The van der Waals surface area contributed by atoms with Gasteiger partial charge in [0.15, 0.2) is 0 Å². The summed E-state index contributed by atoms with van der Waals surface area (Å²) in [5.41, 5.74) is 8.26. The number of hydrogen-bond acceptors (Lipinski definition) is 4. The van der Waals surface area contributed by atoms with Crippen molar-refractivity contribution in [3.05, 3.63) is 35.3 Å². The minimum Gasteiger partial charge on any atom is -0.399 e. The Balaban J connectivity index is 1.68. The van der Waals surface area contributed by atoms with Crippen molar-refractivity contribution in [3.8, 4) is 10.6 Å². The molecule has 0 saturated heterocycles. The molecule has 3 rings (SSSR count). The highest BCUT2D eigenvalue weighted by Crippen LogP contribution is 2.25. The van der Waals surface area contributed by atoms with Crippen LogP contribution in [-0.2, 0) is 11.2 Å². The maximum absolute atomic E-state index is 11.7. The number of benzene rings is 1. The number of aromatic nitrogens is 1. The Labute approximate surface area is 115 Å². The number of anilines is 1. The van der Waals surface area contributed by atoms with E-state index in [0.29, 0.717) is 12.5 Å². The van der Waals surface area contributed by atoms with Crippen molar-refractivity contribution < 1.29 is 4.79 Å². The molecule has 1 heterocycles. The second-order valence-electron chi connectivity index (χ2n) is 4.78. The van der Waals surface area contributed by atoms with Crippen molar-refractivity contribution in [2.24, 2.45) is 0 Å². The van der Waals surface area contributed by atoms with Crippen LogP contribution in [0.25, 0.3) is 10.6 Å². The molecule has 1 amide bonds. The molecule has 0 bridgehead atoms. The third-order valence-corrected chi connectivity index (χ3v) is 3.93. The molecule has 1 aromatic carbocycles. The normalized spacial score (nSPS) is 14.3. The number of hydrogen-bond donors (Lipinski definition) is 2. The van der Waals surface area contributed by atoms with E-state index < -0.39 is 0 Å². The number of carbonyl (C=O) groups excluding carboxylic acids is 1. The molecule has 1 aliphatic carbocycles. The molecule has 4 nitrogen and oxygen atoms in total. The topological polar surface area (TPSA) is 68.0 Å². The van der Waals surface area contributed by atoms with Crippen LogP contribution < -0.4 is 11.1 Å². The molecule has 1 saturated carbocycles. The van der Waals surface area contributed by atoms with Gasteiger partial charge >= 0.3 is 0 Å². The predicted octanol–water partition coefficient (Wildman–Crippen LogP) is 2.21. The molecule has 1 aliphatic rings. The molecule has 0 unspecified atom stereocenters. The highest BCUT2D eigenvalue weighted by molar-refractivity contribution is 7.13. The van der Waals surface area contributed by atoms with Crippen LogP contribution in [0, 0.1) is 0 Å². The number of amides is 1. The van der Waals surface area contributed by atoms with Gasteiger partial charge in [-0.25, -0.2) is 4.98 Å². The molecule has 2 aromatic rings. The average molecular weight is 273 g/mol. The van der Waals surface area contributed by atoms with Gasteiger partial charge in [-0.05, 0) is 37.1 Å². The van der Waals surface area contributed by atoms with Gasteiger partial charge in [0.2, 0.25) is 5.91 Å². The maximum atomic E-state index is 11.7. The lowest BCUT2D eigenvalue weighted by Crippen LogP contribution is -2.27. The molecule has 98 valence electrons. The first-order valence-electron chi connectivity index (χ1n) is 6.30. The lowest BCUT2D eigenvalue weighted by molar-refractivity contribution is -0.120. The number of nitrogens with two attached hydrogens (primary N) is 1. The summed E-state index contributed by atoms with van der Waals surface area (Å²) in [6, 6.07) is 8.01. The number of rotatable bonds is 4. The van der Waals surface area contributed by atoms with E-state index in [1.807, 2.05) is 29.6 Å². The molecule has 0 atom stereocenters. The van der Waals surface area contributed by atoms with Gasteiger partial charge in [0.05, 0.1) is 12.1 Å². The van der Waals surface area contributed by atoms with Gasteiger partial charge in [0.25, 0.3) is 0 Å². The van der Waals surface area contributed by atoms with Gasteiger partial charge in [0.1, 0.15) is 5.01 Å². The standard InChI is InChI=1S/C14H15N3OS/c15-10-3-1-9(2-4-10)14-17-12(8-19-14)7-13(18)16-11-5-6-11/h1-4,8,11H,5-7,15H2,(H,16,18). The summed E-state index contributed by atoms with van der Waals surface area (Å²) in [7, 11) is 0. The van der Waals surface area contributed by atoms with E-state index in [1.54, 1.807) is 11.3 Å². The Morgan fingerprint density at radius 1 is 1.37 bits per heavy atom. The predicted molar refractivity (Wildman–Crippen MR) is 76.8 cm³/mol. The zero-order valence-electron chi connectivity index (χ0n) is 10.4. The SMILES string of the molecule is Nc1ccc(-c2nc(CC(=O)NC3CC3)cs2)cc1. The molecular formula is C14H15N3OS. The van der Waals surface area contributed by atoms with Crippen molar-refractivity contribution in [2.45, 2.75) is 25.3 Å². The lowest BCUT2D eigenvalue weighted by atomic mass is 10.2. The molecule has 0 aliphatic heterocycles. The van der Waals surface area contributed by atoms with Gasteiger partial charge < -0.3 is 11.1 Å². The molecule has 19 heavy (non-hydrogen) atoms. The van der Waals surface area contributed by atoms with Crippen LogP contribution in [0.2, 0.25) is 0 Å². The second-order valence-corrected chi connectivity index (χ2v) is 5.64. The first-order chi connectivity index (χ1) is 9.20. The smallest absolute Gasteiger partial charge is 0.226 e. The Morgan fingerprint density at radius 3 is 2.79 bits per heavy atom. The summed E-state index contributed by atoms with van der Waals surface area (Å²) >= 11 is 1.55. The molecular weight excluding hydrogens is 258 g/mol. The van der Waals surface area contributed by atoms with E-state index in [4.69, 9.17) is 5.73 Å². The summed E-state index contributed by atoms with van der Waals surface area (Å²) in [5.74, 6) is 0.0663. The molecule has 3 N–H and O–H groups in total. The van der Waals surface area contributed by atoms with E-state index in [9.17, 15) is 4.79 Å². The Morgan fingerprint density at radius 2 is 2.11 bits per heavy atom. The molecule has 5 heteroatoms. The van der Waals surface area contributed by atoms with Gasteiger partial charge in [0, 0.05) is 22.7 Å². The van der Waals surface area contributed by atoms with Gasteiger partial charge in [-0.2, -0.15) is 0 Å². The highest BCUT2D eigenvalue weighted by atomic mass is 32.1. The van der Waals surface area contributed by atoms with E-state index in [-0.39, 0.29) is 5.91 Å². The van der Waals surface area contributed by atoms with Crippen LogP contribution in [0.1, 0.15) is 18.5 Å². The monoisotopic (exact) mass is 273 g/mol. The van der Waals surface area contributed by atoms with Crippen LogP contribution in [0.4, 0.5) is 5.69 Å². The fraction of sp³-hybridized carbons (Fsp3) is 0.286. The Kier molecular flexibility index (Phi) is 3.21. The van der Waals surface area contributed by atoms with E-state index in [1.165, 1.54) is 0 Å². The van der Waals surface area contributed by atoms with E-state index in [2.05, 4.69) is 10.3 Å². The van der Waals surface area contributed by atoms with Gasteiger partial charge in [-0.15, -0.1) is 11.3 Å². The Bertz CT molecular complexity index is 587. The van der Waals surface area contributed by atoms with Gasteiger partial charge in [-0.3, -0.25) is 4.79 Å². The van der Waals surface area contributed by atoms with Crippen LogP contribution in [0.3, 0.4) is 0 Å². The van der Waals surface area contributed by atoms with Crippen LogP contribution in [0.5, 0.6) is 0 Å². The number of nitrogens with zero attached hydrogens (tertiary/aromatic N) is 1. The third kappa shape index (κ3) is 3.12. The lowest BCUT2D eigenvalue weighted by Gasteiger charge is -2.00. The Hall–Kier alpha value is -1.88. The first kappa shape index (κ1) is 12.2. The highest BCUT2D eigenvalue weighted by Gasteiger charge is 2.23. The van der Waals surface area contributed by atoms with Crippen molar-refractivity contribution in [1.29, 1.82) is 0 Å². The maximum Gasteiger partial charge on any atom is 0.226 e.